The van der Waals surface area contributed by atoms with Crippen LogP contribution in [0.25, 0.3) is 0 Å². The topological polar surface area (TPSA) is 62.8 Å². The Bertz CT molecular complexity index is 1050. The van der Waals surface area contributed by atoms with Crippen LogP contribution in [-0.2, 0) is 6.61 Å². The molecule has 0 amide bonds. The zero-order valence-electron chi connectivity index (χ0n) is 15.7. The highest BCUT2D eigenvalue weighted by Crippen LogP contribution is 2.34. The van der Waals surface area contributed by atoms with E-state index in [1.165, 1.54) is 12.1 Å². The summed E-state index contributed by atoms with van der Waals surface area (Å²) in [6, 6.07) is 16.6. The van der Waals surface area contributed by atoms with Gasteiger partial charge in [-0.2, -0.15) is 0 Å². The number of halogens is 3. The molecule has 8 heteroatoms. The van der Waals surface area contributed by atoms with E-state index in [1.54, 1.807) is 24.3 Å². The van der Waals surface area contributed by atoms with Crippen LogP contribution < -0.4 is 20.3 Å². The number of benzene rings is 3. The van der Waals surface area contributed by atoms with Crippen molar-refractivity contribution in [3.05, 3.63) is 87.1 Å². The van der Waals surface area contributed by atoms with Crippen LogP contribution in [0, 0.1) is 5.82 Å². The number of para-hydroxylation sites is 1. The predicted octanol–water partition coefficient (Wildman–Crippen LogP) is 5.12. The summed E-state index contributed by atoms with van der Waals surface area (Å²) in [7, 11) is 0. The second kappa shape index (κ2) is 9.22. The van der Waals surface area contributed by atoms with E-state index in [-0.39, 0.29) is 24.5 Å². The van der Waals surface area contributed by atoms with Crippen molar-refractivity contribution in [3.63, 3.8) is 0 Å². The zero-order valence-corrected chi connectivity index (χ0v) is 18.1. The van der Waals surface area contributed by atoms with Crippen LogP contribution in [0.4, 0.5) is 4.39 Å². The van der Waals surface area contributed by atoms with Gasteiger partial charge in [0, 0.05) is 23.7 Å². The van der Waals surface area contributed by atoms with Gasteiger partial charge in [0.25, 0.3) is 0 Å². The van der Waals surface area contributed by atoms with Crippen LogP contribution in [0.5, 0.6) is 17.2 Å². The maximum atomic E-state index is 13.2. The minimum Gasteiger partial charge on any atom is -0.507 e. The fraction of sp³-hybridized carbons (Fsp3) is 0.182. The molecule has 0 saturated carbocycles. The average Bonchev–Trinajstić information content (AvgIpc) is 3.17. The molecule has 0 aromatic heterocycles. The van der Waals surface area contributed by atoms with Crippen LogP contribution in [0.2, 0.25) is 5.02 Å². The fourth-order valence-corrected chi connectivity index (χ4v) is 3.85. The number of ether oxygens (including phenoxy) is 2. The third-order valence-corrected chi connectivity index (χ3v) is 5.80. The molecule has 2 atom stereocenters. The van der Waals surface area contributed by atoms with Gasteiger partial charge in [-0.1, -0.05) is 29.8 Å². The summed E-state index contributed by atoms with van der Waals surface area (Å²) >= 11 is 9.52. The van der Waals surface area contributed by atoms with Gasteiger partial charge in [0.05, 0.1) is 15.5 Å². The van der Waals surface area contributed by atoms with E-state index in [0.29, 0.717) is 28.4 Å². The van der Waals surface area contributed by atoms with Gasteiger partial charge in [-0.3, -0.25) is 5.43 Å². The van der Waals surface area contributed by atoms with Crippen LogP contribution in [-0.4, -0.2) is 17.8 Å². The van der Waals surface area contributed by atoms with Crippen molar-refractivity contribution in [3.8, 4) is 17.2 Å². The first kappa shape index (κ1) is 20.9. The number of nitrogens with one attached hydrogen (secondary N) is 2. The Kier molecular flexibility index (Phi) is 6.43. The molecule has 0 bridgehead atoms. The lowest BCUT2D eigenvalue weighted by atomic mass is 10.0. The maximum Gasteiger partial charge on any atom is 0.134 e. The Morgan fingerprint density at radius 2 is 1.97 bits per heavy atom. The number of phenols is 1. The minimum absolute atomic E-state index is 0.0830. The summed E-state index contributed by atoms with van der Waals surface area (Å²) in [6.07, 6.45) is -0.223. The van der Waals surface area contributed by atoms with Crippen molar-refractivity contribution >= 4 is 27.5 Å². The Morgan fingerprint density at radius 3 is 2.73 bits per heavy atom. The largest absolute Gasteiger partial charge is 0.507 e. The third kappa shape index (κ3) is 4.70. The second-order valence-electron chi connectivity index (χ2n) is 6.83. The lowest BCUT2D eigenvalue weighted by Crippen LogP contribution is -2.28. The zero-order chi connectivity index (χ0) is 21.1. The standard InChI is InChI=1S/C22H19BrClFN2O3/c23-17-3-1-2-4-20(17)30-21-11-26-27-22(21)16-8-7-15(10-19(16)28)29-12-13-5-6-14(25)9-18(13)24/h1-10,21-22,26-28H,11-12H2. The molecule has 1 aliphatic heterocycles. The molecule has 1 heterocycles. The first-order valence-corrected chi connectivity index (χ1v) is 10.5. The molecule has 30 heavy (non-hydrogen) atoms. The molecule has 4 rings (SSSR count). The van der Waals surface area contributed by atoms with Crippen molar-refractivity contribution in [2.24, 2.45) is 0 Å². The van der Waals surface area contributed by atoms with Crippen LogP contribution in [0.15, 0.2) is 65.1 Å². The van der Waals surface area contributed by atoms with Crippen molar-refractivity contribution < 1.29 is 19.0 Å². The molecule has 156 valence electrons. The molecule has 3 aromatic carbocycles. The lowest BCUT2D eigenvalue weighted by Gasteiger charge is -2.22. The number of aromatic hydroxyl groups is 1. The molecule has 1 saturated heterocycles. The molecule has 0 aliphatic carbocycles. The van der Waals surface area contributed by atoms with Crippen LogP contribution in [0.1, 0.15) is 17.2 Å². The number of hydrogen-bond donors (Lipinski definition) is 3. The fourth-order valence-electron chi connectivity index (χ4n) is 3.25. The van der Waals surface area contributed by atoms with Crippen molar-refractivity contribution in [1.29, 1.82) is 0 Å². The highest BCUT2D eigenvalue weighted by Gasteiger charge is 2.32. The summed E-state index contributed by atoms with van der Waals surface area (Å²) < 4.78 is 25.9. The van der Waals surface area contributed by atoms with Gasteiger partial charge < -0.3 is 14.6 Å². The maximum absolute atomic E-state index is 13.2. The predicted molar refractivity (Wildman–Crippen MR) is 116 cm³/mol. The minimum atomic E-state index is -0.400. The van der Waals surface area contributed by atoms with Crippen LogP contribution in [0.3, 0.4) is 0 Å². The molecule has 0 spiro atoms. The van der Waals surface area contributed by atoms with Crippen molar-refractivity contribution in [1.82, 2.24) is 10.9 Å². The van der Waals surface area contributed by atoms with E-state index in [0.717, 1.165) is 10.2 Å². The Balaban J connectivity index is 1.46. The van der Waals surface area contributed by atoms with Gasteiger partial charge in [-0.15, -0.1) is 0 Å². The van der Waals surface area contributed by atoms with E-state index in [2.05, 4.69) is 26.8 Å². The summed E-state index contributed by atoms with van der Waals surface area (Å²) in [6.45, 7) is 0.738. The smallest absolute Gasteiger partial charge is 0.134 e. The third-order valence-electron chi connectivity index (χ3n) is 4.79. The molecular weight excluding hydrogens is 475 g/mol. The Labute approximate surface area is 186 Å². The quantitative estimate of drug-likeness (QED) is 0.445. The van der Waals surface area contributed by atoms with E-state index >= 15 is 0 Å². The van der Waals surface area contributed by atoms with Gasteiger partial charge in [0.1, 0.15) is 35.8 Å². The monoisotopic (exact) mass is 492 g/mol. The van der Waals surface area contributed by atoms with Gasteiger partial charge >= 0.3 is 0 Å². The van der Waals surface area contributed by atoms with E-state index < -0.39 is 5.82 Å². The second-order valence-corrected chi connectivity index (χ2v) is 8.10. The highest BCUT2D eigenvalue weighted by atomic mass is 79.9. The Hall–Kier alpha value is -2.32. The van der Waals surface area contributed by atoms with Gasteiger partial charge in [0.2, 0.25) is 0 Å². The van der Waals surface area contributed by atoms with Crippen molar-refractivity contribution in [2.75, 3.05) is 6.54 Å². The van der Waals surface area contributed by atoms with Gasteiger partial charge in [-0.25, -0.2) is 9.82 Å². The summed E-state index contributed by atoms with van der Waals surface area (Å²) in [5.41, 5.74) is 7.57. The van der Waals surface area contributed by atoms with E-state index in [4.69, 9.17) is 21.1 Å². The lowest BCUT2D eigenvalue weighted by molar-refractivity contribution is 0.194. The first-order valence-electron chi connectivity index (χ1n) is 9.30. The molecule has 2 unspecified atom stereocenters. The number of phenolic OH excluding ortho intramolecular Hbond substituents is 1. The normalized spacial score (nSPS) is 18.4. The molecule has 1 fully saturated rings. The number of hydrogen-bond acceptors (Lipinski definition) is 5. The molecule has 0 radical (unpaired) electrons. The SMILES string of the molecule is Oc1cc(OCc2ccc(F)cc2Cl)ccc1C1NNCC1Oc1ccccc1Br. The van der Waals surface area contributed by atoms with E-state index in [9.17, 15) is 9.50 Å². The number of hydrazine groups is 1. The Morgan fingerprint density at radius 1 is 1.13 bits per heavy atom. The highest BCUT2D eigenvalue weighted by molar-refractivity contribution is 9.10. The summed E-state index contributed by atoms with van der Waals surface area (Å²) in [4.78, 5) is 0. The molecule has 1 aliphatic rings. The van der Waals surface area contributed by atoms with Crippen molar-refractivity contribution in [2.45, 2.75) is 18.8 Å². The van der Waals surface area contributed by atoms with Gasteiger partial charge in [0.15, 0.2) is 0 Å². The molecule has 3 aromatic rings. The summed E-state index contributed by atoms with van der Waals surface area (Å²) in [5, 5.41) is 10.9. The van der Waals surface area contributed by atoms with Crippen LogP contribution >= 0.6 is 27.5 Å². The summed E-state index contributed by atoms with van der Waals surface area (Å²) in [5.74, 6) is 0.891. The van der Waals surface area contributed by atoms with E-state index in [1.807, 2.05) is 24.3 Å². The molecular formula is C22H19BrClFN2O3. The number of rotatable bonds is 6. The molecule has 5 nitrogen and oxygen atoms in total. The van der Waals surface area contributed by atoms with Gasteiger partial charge in [-0.05, 0) is 52.3 Å². The first-order chi connectivity index (χ1) is 14.5. The average molecular weight is 494 g/mol. The molecule has 3 N–H and O–H groups in total.